The van der Waals surface area contributed by atoms with Crippen molar-refractivity contribution in [3.8, 4) is 5.75 Å². The maximum Gasteiger partial charge on any atom is 0.124 e. The van der Waals surface area contributed by atoms with Crippen molar-refractivity contribution in [2.75, 3.05) is 26.3 Å². The van der Waals surface area contributed by atoms with Crippen LogP contribution in [0, 0.1) is 0 Å². The molecule has 0 amide bonds. The number of morpholine rings is 1. The Kier molecular flexibility index (Phi) is 3.37. The highest BCUT2D eigenvalue weighted by molar-refractivity contribution is 5.38. The number of nitrogens with zero attached hydrogens (tertiary/aromatic N) is 2. The largest absolute Gasteiger partial charge is 0.493 e. The molecule has 0 spiro atoms. The van der Waals surface area contributed by atoms with Gasteiger partial charge < -0.3 is 19.4 Å². The van der Waals surface area contributed by atoms with E-state index in [2.05, 4.69) is 27.0 Å². The lowest BCUT2D eigenvalue weighted by molar-refractivity contribution is 0.0219. The van der Waals surface area contributed by atoms with Gasteiger partial charge in [-0.05, 0) is 6.07 Å². The molecule has 2 aliphatic heterocycles. The summed E-state index contributed by atoms with van der Waals surface area (Å²) in [6, 6.07) is 8.54. The number of para-hydroxylation sites is 1. The van der Waals surface area contributed by atoms with Gasteiger partial charge in [0, 0.05) is 25.1 Å². The lowest BCUT2D eigenvalue weighted by Gasteiger charge is -2.31. The fraction of sp³-hybridized carbons (Fsp3) is 0.438. The highest BCUT2D eigenvalue weighted by Gasteiger charge is 2.27. The van der Waals surface area contributed by atoms with Crippen molar-refractivity contribution in [1.29, 1.82) is 0 Å². The van der Waals surface area contributed by atoms with Crippen molar-refractivity contribution in [3.05, 3.63) is 48.0 Å². The molecule has 2 aromatic rings. The maximum absolute atomic E-state index is 5.89. The molecule has 2 atom stereocenters. The first-order chi connectivity index (χ1) is 10.4. The minimum Gasteiger partial charge on any atom is -0.493 e. The zero-order chi connectivity index (χ0) is 14.1. The second kappa shape index (κ2) is 5.50. The molecule has 0 bridgehead atoms. The first kappa shape index (κ1) is 12.9. The van der Waals surface area contributed by atoms with Crippen LogP contribution in [0.3, 0.4) is 0 Å². The Balaban J connectivity index is 1.70. The molecule has 4 rings (SSSR count). The van der Waals surface area contributed by atoms with Gasteiger partial charge in [0.1, 0.15) is 11.9 Å². The predicted octanol–water partition coefficient (Wildman–Crippen LogP) is 1.92. The molecule has 0 aliphatic carbocycles. The van der Waals surface area contributed by atoms with Gasteiger partial charge in [-0.3, -0.25) is 0 Å². The molecule has 1 aromatic carbocycles. The summed E-state index contributed by atoms with van der Waals surface area (Å²) in [6.45, 7) is 3.25. The first-order valence-corrected chi connectivity index (χ1v) is 7.49. The summed E-state index contributed by atoms with van der Waals surface area (Å²) < 4.78 is 13.9. The zero-order valence-corrected chi connectivity index (χ0v) is 11.9. The number of rotatable bonds is 2. The van der Waals surface area contributed by atoms with Gasteiger partial charge in [0.05, 0.1) is 37.5 Å². The highest BCUT2D eigenvalue weighted by Crippen LogP contribution is 2.36. The van der Waals surface area contributed by atoms with Crippen molar-refractivity contribution < 1.29 is 9.47 Å². The summed E-state index contributed by atoms with van der Waals surface area (Å²) in [5, 5.41) is 3.38. The molecule has 0 saturated carbocycles. The average molecular weight is 285 g/mol. The molecule has 0 radical (unpaired) electrons. The summed E-state index contributed by atoms with van der Waals surface area (Å²) in [5.41, 5.74) is 2.37. The van der Waals surface area contributed by atoms with E-state index >= 15 is 0 Å². The Morgan fingerprint density at radius 3 is 3.10 bits per heavy atom. The Morgan fingerprint density at radius 2 is 2.19 bits per heavy atom. The van der Waals surface area contributed by atoms with Crippen molar-refractivity contribution in [1.82, 2.24) is 14.9 Å². The van der Waals surface area contributed by atoms with E-state index in [1.807, 2.05) is 24.7 Å². The van der Waals surface area contributed by atoms with Crippen LogP contribution >= 0.6 is 0 Å². The van der Waals surface area contributed by atoms with E-state index in [0.29, 0.717) is 0 Å². The molecule has 2 aliphatic rings. The summed E-state index contributed by atoms with van der Waals surface area (Å²) in [6.07, 6.45) is 4.88. The normalized spacial score (nSPS) is 25.1. The summed E-state index contributed by atoms with van der Waals surface area (Å²) >= 11 is 0. The van der Waals surface area contributed by atoms with Crippen LogP contribution in [0.5, 0.6) is 5.75 Å². The second-order valence-electron chi connectivity index (χ2n) is 5.48. The van der Waals surface area contributed by atoms with Gasteiger partial charge in [-0.15, -0.1) is 0 Å². The van der Waals surface area contributed by atoms with E-state index in [1.54, 1.807) is 0 Å². The van der Waals surface area contributed by atoms with Gasteiger partial charge in [-0.1, -0.05) is 18.2 Å². The fourth-order valence-electron chi connectivity index (χ4n) is 3.19. The molecule has 2 unspecified atom stereocenters. The molecule has 110 valence electrons. The van der Waals surface area contributed by atoms with E-state index in [4.69, 9.17) is 9.47 Å². The average Bonchev–Trinajstić information content (AvgIpc) is 3.04. The second-order valence-corrected chi connectivity index (χ2v) is 5.48. The van der Waals surface area contributed by atoms with Gasteiger partial charge in [-0.25, -0.2) is 4.98 Å². The van der Waals surface area contributed by atoms with Crippen LogP contribution in [-0.2, 0) is 4.74 Å². The molecule has 5 nitrogen and oxygen atoms in total. The van der Waals surface area contributed by atoms with Gasteiger partial charge in [0.2, 0.25) is 0 Å². The molecule has 21 heavy (non-hydrogen) atoms. The Labute approximate surface area is 123 Å². The van der Waals surface area contributed by atoms with Crippen LogP contribution in [0.2, 0.25) is 0 Å². The van der Waals surface area contributed by atoms with Gasteiger partial charge >= 0.3 is 0 Å². The Hall–Kier alpha value is -1.85. The first-order valence-electron chi connectivity index (χ1n) is 7.49. The molecule has 1 N–H and O–H groups in total. The summed E-state index contributed by atoms with van der Waals surface area (Å²) in [7, 11) is 0. The number of nitrogens with one attached hydrogen (secondary N) is 1. The molecule has 1 fully saturated rings. The summed E-state index contributed by atoms with van der Waals surface area (Å²) in [5.74, 6) is 0.982. The molecule has 1 saturated heterocycles. The van der Waals surface area contributed by atoms with Crippen LogP contribution in [0.4, 0.5) is 0 Å². The van der Waals surface area contributed by atoms with E-state index in [-0.39, 0.29) is 12.1 Å². The van der Waals surface area contributed by atoms with E-state index < -0.39 is 0 Å². The number of ether oxygens (including phenoxy) is 2. The number of hydrogen-bond acceptors (Lipinski definition) is 4. The van der Waals surface area contributed by atoms with Crippen LogP contribution in [0.15, 0.2) is 36.8 Å². The van der Waals surface area contributed by atoms with Crippen LogP contribution in [0.25, 0.3) is 0 Å². The van der Waals surface area contributed by atoms with Crippen LogP contribution in [0.1, 0.15) is 29.8 Å². The highest BCUT2D eigenvalue weighted by atomic mass is 16.5. The standard InChI is InChI=1S/C16H19N3O2/c1-2-4-15-12(3-1)13(5-7-20-15)19-11-18-9-14(19)16-10-17-6-8-21-16/h1-4,9,11,13,16-17H,5-8,10H2. The minimum atomic E-state index is 0.0799. The molecule has 5 heteroatoms. The van der Waals surface area contributed by atoms with Gasteiger partial charge in [0.25, 0.3) is 0 Å². The molecule has 3 heterocycles. The van der Waals surface area contributed by atoms with Crippen molar-refractivity contribution in [2.45, 2.75) is 18.6 Å². The quantitative estimate of drug-likeness (QED) is 0.916. The monoisotopic (exact) mass is 285 g/mol. The maximum atomic E-state index is 5.89. The minimum absolute atomic E-state index is 0.0799. The lowest BCUT2D eigenvalue weighted by atomic mass is 10.00. The third-order valence-corrected chi connectivity index (χ3v) is 4.22. The van der Waals surface area contributed by atoms with Gasteiger partial charge in [0.15, 0.2) is 0 Å². The SMILES string of the molecule is c1ccc2c(c1)OCCC2n1cncc1C1CNCCO1. The third kappa shape index (κ3) is 2.32. The lowest BCUT2D eigenvalue weighted by Crippen LogP contribution is -2.35. The third-order valence-electron chi connectivity index (χ3n) is 4.22. The van der Waals surface area contributed by atoms with E-state index in [0.717, 1.165) is 44.2 Å². The zero-order valence-electron chi connectivity index (χ0n) is 11.9. The van der Waals surface area contributed by atoms with Crippen molar-refractivity contribution >= 4 is 0 Å². The number of aromatic nitrogens is 2. The number of fused-ring (bicyclic) bond motifs is 1. The molecular weight excluding hydrogens is 266 g/mol. The smallest absolute Gasteiger partial charge is 0.124 e. The van der Waals surface area contributed by atoms with Crippen LogP contribution in [-0.4, -0.2) is 35.9 Å². The van der Waals surface area contributed by atoms with Crippen LogP contribution < -0.4 is 10.1 Å². The fourth-order valence-corrected chi connectivity index (χ4v) is 3.19. The Morgan fingerprint density at radius 1 is 1.24 bits per heavy atom. The Bertz CT molecular complexity index is 619. The molecular formula is C16H19N3O2. The van der Waals surface area contributed by atoms with E-state index in [9.17, 15) is 0 Å². The van der Waals surface area contributed by atoms with Gasteiger partial charge in [-0.2, -0.15) is 0 Å². The number of imidazole rings is 1. The van der Waals surface area contributed by atoms with Crippen molar-refractivity contribution in [3.63, 3.8) is 0 Å². The van der Waals surface area contributed by atoms with Crippen molar-refractivity contribution in [2.24, 2.45) is 0 Å². The predicted molar refractivity (Wildman–Crippen MR) is 78.5 cm³/mol. The summed E-state index contributed by atoms with van der Waals surface area (Å²) in [4.78, 5) is 4.36. The molecule has 1 aromatic heterocycles. The van der Waals surface area contributed by atoms with E-state index in [1.165, 1.54) is 5.56 Å². The number of hydrogen-bond donors (Lipinski definition) is 1. The topological polar surface area (TPSA) is 48.3 Å². The number of benzene rings is 1.